The van der Waals surface area contributed by atoms with Crippen LogP contribution in [0.15, 0.2) is 72.8 Å². The number of anilines is 1. The lowest BCUT2D eigenvalue weighted by molar-refractivity contribution is -0.160. The van der Waals surface area contributed by atoms with Crippen molar-refractivity contribution >= 4 is 29.4 Å². The Morgan fingerprint density at radius 3 is 1.74 bits per heavy atom. The van der Waals surface area contributed by atoms with Crippen molar-refractivity contribution in [2.24, 2.45) is 17.8 Å². The van der Waals surface area contributed by atoms with Crippen LogP contribution in [-0.2, 0) is 30.1 Å². The van der Waals surface area contributed by atoms with Crippen molar-refractivity contribution in [1.82, 2.24) is 4.90 Å². The van der Waals surface area contributed by atoms with Gasteiger partial charge in [0.1, 0.15) is 6.04 Å². The molecule has 1 aliphatic heterocycles. The van der Waals surface area contributed by atoms with E-state index in [1.165, 1.54) is 12.1 Å². The zero-order valence-electron chi connectivity index (χ0n) is 23.4. The predicted octanol–water partition coefficient (Wildman–Crippen LogP) is 5.49. The van der Waals surface area contributed by atoms with Crippen LogP contribution in [0.1, 0.15) is 59.9 Å². The molecule has 3 aromatic rings. The number of amides is 3. The van der Waals surface area contributed by atoms with Gasteiger partial charge in [-0.2, -0.15) is 13.2 Å². The summed E-state index contributed by atoms with van der Waals surface area (Å²) in [7, 11) is 0. The van der Waals surface area contributed by atoms with Gasteiger partial charge in [-0.1, -0.05) is 74.5 Å². The van der Waals surface area contributed by atoms with E-state index in [2.05, 4.69) is 5.32 Å². The molecule has 3 aromatic carbocycles. The second-order valence-electron chi connectivity index (χ2n) is 11.7. The van der Waals surface area contributed by atoms with Crippen LogP contribution in [0.2, 0.25) is 0 Å². The van der Waals surface area contributed by atoms with Crippen LogP contribution in [0, 0.1) is 17.8 Å². The minimum absolute atomic E-state index is 0.101. The lowest BCUT2D eigenvalue weighted by atomic mass is 9.55. The number of benzene rings is 3. The summed E-state index contributed by atoms with van der Waals surface area (Å²) in [4.78, 5) is 55.2. The molecule has 0 saturated carbocycles. The van der Waals surface area contributed by atoms with Crippen molar-refractivity contribution in [2.45, 2.75) is 44.3 Å². The third-order valence-corrected chi connectivity index (χ3v) is 8.61. The summed E-state index contributed by atoms with van der Waals surface area (Å²) in [5, 5.41) is 2.14. The van der Waals surface area contributed by atoms with Crippen LogP contribution in [0.5, 0.6) is 0 Å². The average molecular weight is 591 g/mol. The Morgan fingerprint density at radius 1 is 0.814 bits per heavy atom. The van der Waals surface area contributed by atoms with Crippen LogP contribution in [-0.4, -0.2) is 41.2 Å². The highest BCUT2D eigenvalue weighted by Crippen LogP contribution is 2.61. The zero-order chi connectivity index (χ0) is 30.6. The first-order chi connectivity index (χ1) is 20.5. The van der Waals surface area contributed by atoms with Gasteiger partial charge in [0.15, 0.2) is 6.61 Å². The van der Waals surface area contributed by atoms with Gasteiger partial charge < -0.3 is 10.1 Å². The van der Waals surface area contributed by atoms with Gasteiger partial charge in [-0.25, -0.2) is 4.79 Å². The first-order valence-electron chi connectivity index (χ1n) is 14.2. The molecule has 1 N–H and O–H groups in total. The van der Waals surface area contributed by atoms with Gasteiger partial charge in [0.05, 0.1) is 23.1 Å². The van der Waals surface area contributed by atoms with Crippen LogP contribution in [0.4, 0.5) is 18.9 Å². The summed E-state index contributed by atoms with van der Waals surface area (Å²) < 4.78 is 45.3. The molecule has 3 atom stereocenters. The Hall–Kier alpha value is -4.47. The van der Waals surface area contributed by atoms with Crippen LogP contribution in [0.25, 0.3) is 0 Å². The Balaban J connectivity index is 1.25. The molecule has 1 heterocycles. The number of carbonyl (C=O) groups excluding carboxylic acids is 4. The number of imide groups is 1. The van der Waals surface area contributed by atoms with Crippen LogP contribution < -0.4 is 5.32 Å². The smallest absolute Gasteiger partial charge is 0.418 e. The molecule has 0 spiro atoms. The SMILES string of the molecule is CC(C)C[C@H](C(=O)OCC(=O)Nc1ccccc1C(F)(F)F)N1C(=O)[C@H]2C3c4ccccc4C(c4ccccc43)[C@@H]2C1=O. The number of esters is 1. The molecule has 3 aliphatic carbocycles. The first kappa shape index (κ1) is 28.6. The number of hydrogen-bond acceptors (Lipinski definition) is 5. The van der Waals surface area contributed by atoms with E-state index in [9.17, 15) is 32.3 Å². The third kappa shape index (κ3) is 4.78. The van der Waals surface area contributed by atoms with Gasteiger partial charge >= 0.3 is 12.1 Å². The number of nitrogens with one attached hydrogen (secondary N) is 1. The van der Waals surface area contributed by atoms with Crippen molar-refractivity contribution in [3.05, 3.63) is 101 Å². The number of alkyl halides is 3. The number of halogens is 3. The predicted molar refractivity (Wildman–Crippen MR) is 150 cm³/mol. The van der Waals surface area contributed by atoms with E-state index in [-0.39, 0.29) is 24.2 Å². The van der Waals surface area contributed by atoms with E-state index in [1.807, 2.05) is 62.4 Å². The van der Waals surface area contributed by atoms with Gasteiger partial charge in [-0.15, -0.1) is 0 Å². The van der Waals surface area contributed by atoms with Crippen molar-refractivity contribution < 1.29 is 37.1 Å². The number of rotatable bonds is 7. The van der Waals surface area contributed by atoms with Gasteiger partial charge in [0, 0.05) is 11.8 Å². The molecule has 0 aromatic heterocycles. The lowest BCUT2D eigenvalue weighted by Gasteiger charge is -2.45. The molecule has 2 bridgehead atoms. The van der Waals surface area contributed by atoms with E-state index in [0.717, 1.165) is 39.3 Å². The standard InChI is InChI=1S/C33H29F3N2O5/c1-17(2)15-24(32(42)43-16-25(39)37-23-14-8-7-13-22(23)33(34,35)36)38-30(40)28-26-18-9-3-4-10-19(18)27(29(28)31(38)41)21-12-6-5-11-20(21)26/h3-14,17,24,26-29H,15-16H2,1-2H3,(H,37,39)/t24-,26?,27?,28+,29+/m1/s1. The molecule has 3 amide bonds. The molecule has 0 unspecified atom stereocenters. The van der Waals surface area contributed by atoms with Crippen molar-refractivity contribution in [3.8, 4) is 0 Å². The molecular formula is C33H29F3N2O5. The fourth-order valence-electron chi connectivity index (χ4n) is 7.02. The Bertz CT molecular complexity index is 1520. The minimum atomic E-state index is -4.70. The maximum atomic E-state index is 14.1. The zero-order valence-corrected chi connectivity index (χ0v) is 23.4. The summed E-state index contributed by atoms with van der Waals surface area (Å²) in [6, 6.07) is 18.7. The molecule has 1 saturated heterocycles. The highest BCUT2D eigenvalue weighted by molar-refractivity contribution is 6.10. The second kappa shape index (κ2) is 10.7. The molecule has 1 fully saturated rings. The average Bonchev–Trinajstić information content (AvgIpc) is 3.24. The highest BCUT2D eigenvalue weighted by Gasteiger charge is 2.63. The fourth-order valence-corrected chi connectivity index (χ4v) is 7.02. The Morgan fingerprint density at radius 2 is 1.28 bits per heavy atom. The van der Waals surface area contributed by atoms with Gasteiger partial charge in [0.25, 0.3) is 5.91 Å². The van der Waals surface area contributed by atoms with E-state index >= 15 is 0 Å². The summed E-state index contributed by atoms with van der Waals surface area (Å²) in [6.07, 6.45) is -4.60. The monoisotopic (exact) mass is 590 g/mol. The Labute approximate surface area is 246 Å². The minimum Gasteiger partial charge on any atom is -0.454 e. The largest absolute Gasteiger partial charge is 0.454 e. The molecule has 10 heteroatoms. The quantitative estimate of drug-likeness (QED) is 0.290. The van der Waals surface area contributed by atoms with Gasteiger partial charge in [-0.05, 0) is 46.7 Å². The molecule has 0 radical (unpaired) electrons. The Kier molecular flexibility index (Phi) is 7.10. The summed E-state index contributed by atoms with van der Waals surface area (Å²) >= 11 is 0. The number of hydrogen-bond donors (Lipinski definition) is 1. The summed E-state index contributed by atoms with van der Waals surface area (Å²) in [6.45, 7) is 2.77. The third-order valence-electron chi connectivity index (χ3n) is 8.61. The van der Waals surface area contributed by atoms with Crippen molar-refractivity contribution in [3.63, 3.8) is 0 Å². The van der Waals surface area contributed by atoms with E-state index < -0.39 is 65.6 Å². The van der Waals surface area contributed by atoms with Crippen molar-refractivity contribution in [1.29, 1.82) is 0 Å². The maximum Gasteiger partial charge on any atom is 0.418 e. The van der Waals surface area contributed by atoms with Crippen LogP contribution >= 0.6 is 0 Å². The van der Waals surface area contributed by atoms with Gasteiger partial charge in [-0.3, -0.25) is 19.3 Å². The molecule has 7 rings (SSSR count). The summed E-state index contributed by atoms with van der Waals surface area (Å²) in [5.41, 5.74) is 2.46. The second-order valence-corrected chi connectivity index (χ2v) is 11.7. The topological polar surface area (TPSA) is 92.8 Å². The lowest BCUT2D eigenvalue weighted by Crippen LogP contribution is -2.47. The number of nitrogens with zero attached hydrogens (tertiary/aromatic N) is 1. The van der Waals surface area contributed by atoms with Crippen LogP contribution in [0.3, 0.4) is 0 Å². The normalized spacial score (nSPS) is 22.6. The van der Waals surface area contributed by atoms with E-state index in [4.69, 9.17) is 4.74 Å². The highest BCUT2D eigenvalue weighted by atomic mass is 19.4. The fraction of sp³-hybridized carbons (Fsp3) is 0.333. The molecule has 222 valence electrons. The number of ether oxygens (including phenoxy) is 1. The number of carbonyl (C=O) groups is 4. The molecule has 7 nitrogen and oxygen atoms in total. The maximum absolute atomic E-state index is 14.1. The van der Waals surface area contributed by atoms with Crippen molar-refractivity contribution in [2.75, 3.05) is 11.9 Å². The number of para-hydroxylation sites is 1. The van der Waals surface area contributed by atoms with E-state index in [1.54, 1.807) is 0 Å². The van der Waals surface area contributed by atoms with Gasteiger partial charge in [0.2, 0.25) is 11.8 Å². The molecule has 4 aliphatic rings. The summed E-state index contributed by atoms with van der Waals surface area (Å²) in [5.74, 6) is -5.06. The molecule has 43 heavy (non-hydrogen) atoms. The van der Waals surface area contributed by atoms with E-state index in [0.29, 0.717) is 0 Å². The number of likely N-dealkylation sites (tertiary alicyclic amines) is 1. The first-order valence-corrected chi connectivity index (χ1v) is 14.2. The molecular weight excluding hydrogens is 561 g/mol.